The van der Waals surface area contributed by atoms with E-state index >= 15 is 0 Å². The lowest BCUT2D eigenvalue weighted by Gasteiger charge is -1.79. The fraction of sp³-hybridized carbons (Fsp3) is 0.0833. The Morgan fingerprint density at radius 2 is 0.808 bits per heavy atom. The summed E-state index contributed by atoms with van der Waals surface area (Å²) in [4.78, 5) is 62.1. The van der Waals surface area contributed by atoms with Crippen LogP contribution in [-0.4, -0.2) is 65.2 Å². The van der Waals surface area contributed by atoms with E-state index in [0.29, 0.717) is 24.3 Å². The molecule has 0 rings (SSSR count). The summed E-state index contributed by atoms with van der Waals surface area (Å²) in [5.41, 5.74) is 0.176. The van der Waals surface area contributed by atoms with Gasteiger partial charge in [-0.15, -0.1) is 0 Å². The molecule has 0 aliphatic rings. The number of carboxylic acids is 5. The molecule has 0 aromatic carbocycles. The third-order valence-electron chi connectivity index (χ3n) is 1.10. The average molecular weight is 400 g/mol. The van der Waals surface area contributed by atoms with Gasteiger partial charge in [-0.3, -0.25) is 4.57 Å². The molecule has 13 nitrogen and oxygen atoms in total. The second-order valence-electron chi connectivity index (χ2n) is 3.39. The molecule has 0 unspecified atom stereocenters. The van der Waals surface area contributed by atoms with Crippen molar-refractivity contribution < 1.29 is 63.9 Å². The molecule has 148 valence electrons. The van der Waals surface area contributed by atoms with E-state index in [1.807, 2.05) is 0 Å². The van der Waals surface area contributed by atoms with Gasteiger partial charge in [-0.2, -0.15) is 0 Å². The fourth-order valence-electron chi connectivity index (χ4n) is 0.285. The Balaban J connectivity index is -0.000000128. The quantitative estimate of drug-likeness (QED) is 0.226. The molecule has 0 radical (unpaired) electrons. The first-order chi connectivity index (χ1) is 11.6. The van der Waals surface area contributed by atoms with Gasteiger partial charge in [0.2, 0.25) is 0 Å². The Labute approximate surface area is 146 Å². The minimum absolute atomic E-state index is 0.176. The lowest BCUT2D eigenvalue weighted by Crippen LogP contribution is -1.92. The molecule has 0 atom stereocenters. The molecule has 0 aromatic rings. The van der Waals surface area contributed by atoms with Crippen LogP contribution >= 0.6 is 8.25 Å². The number of aliphatic carboxylic acids is 5. The second kappa shape index (κ2) is 19.8. The maximum absolute atomic E-state index is 9.60. The number of hydrogen-bond donors (Lipinski definition) is 7. The van der Waals surface area contributed by atoms with Crippen LogP contribution in [0.15, 0.2) is 36.5 Å². The maximum atomic E-state index is 9.60. The fourth-order valence-corrected chi connectivity index (χ4v) is 0.285. The van der Waals surface area contributed by atoms with Crippen molar-refractivity contribution in [3.05, 3.63) is 36.5 Å². The summed E-state index contributed by atoms with van der Waals surface area (Å²) in [5.74, 6) is -5.96. The van der Waals surface area contributed by atoms with E-state index in [2.05, 4.69) is 6.58 Å². The predicted molar refractivity (Wildman–Crippen MR) is 84.7 cm³/mol. The first-order valence-corrected chi connectivity index (χ1v) is 7.02. The average Bonchev–Trinajstić information content (AvgIpc) is 2.43. The number of carboxylic acid groups (broad SMARTS) is 5. The third-order valence-corrected chi connectivity index (χ3v) is 1.10. The number of rotatable bonds is 5. The normalized spacial score (nSPS) is 8.92. The Morgan fingerprint density at radius 3 is 0.846 bits per heavy atom. The zero-order chi connectivity index (χ0) is 21.9. The Kier molecular flexibility index (Phi) is 23.3. The summed E-state index contributed by atoms with van der Waals surface area (Å²) in [6, 6.07) is 0. The van der Waals surface area contributed by atoms with Crippen LogP contribution in [0.1, 0.15) is 6.92 Å². The van der Waals surface area contributed by atoms with Gasteiger partial charge in [-0.1, -0.05) is 6.58 Å². The maximum Gasteiger partial charge on any atom is 0.330 e. The Bertz CT molecular complexity index is 506. The van der Waals surface area contributed by atoms with Crippen molar-refractivity contribution in [3.63, 3.8) is 0 Å². The van der Waals surface area contributed by atoms with Crippen molar-refractivity contribution in [2.45, 2.75) is 6.92 Å². The minimum atomic E-state index is -3.13. The van der Waals surface area contributed by atoms with Gasteiger partial charge in [0.15, 0.2) is 0 Å². The molecule has 0 aliphatic carbocycles. The molecule has 0 amide bonds. The van der Waals surface area contributed by atoms with E-state index in [0.717, 1.165) is 0 Å². The molecule has 0 aliphatic heterocycles. The van der Waals surface area contributed by atoms with Crippen molar-refractivity contribution in [3.8, 4) is 0 Å². The standard InChI is InChI=1S/2C4H4O4.C4H6O2.H3O3P/c2*5-3(6)1-2-4(7)8;1-3(2)4(5)6;1-4(2)3/h2*1-2H,(H,5,6)(H,7,8);1H2,2H3,(H,5,6);4H,(H2,1,2,3)/b2*2-1-;;. The highest BCUT2D eigenvalue weighted by Gasteiger charge is 1.90. The van der Waals surface area contributed by atoms with Gasteiger partial charge in [0.05, 0.1) is 0 Å². The predicted octanol–water partition coefficient (Wildman–Crippen LogP) is -0.569. The summed E-state index contributed by atoms with van der Waals surface area (Å²) in [6.07, 6.45) is 2.23. The van der Waals surface area contributed by atoms with Crippen LogP contribution < -0.4 is 0 Å². The first kappa shape index (κ1) is 30.6. The Morgan fingerprint density at radius 1 is 0.692 bits per heavy atom. The topological polar surface area (TPSA) is 244 Å². The van der Waals surface area contributed by atoms with Crippen LogP contribution in [0, 0.1) is 0 Å². The molecule has 14 heteroatoms. The minimum Gasteiger partial charge on any atom is -0.478 e. The number of carbonyl (C=O) groups is 5. The van der Waals surface area contributed by atoms with E-state index in [4.69, 9.17) is 39.9 Å². The zero-order valence-corrected chi connectivity index (χ0v) is 14.1. The lowest BCUT2D eigenvalue weighted by atomic mass is 10.4. The molecule has 0 saturated carbocycles. The highest BCUT2D eigenvalue weighted by atomic mass is 31.1. The van der Waals surface area contributed by atoms with E-state index in [1.165, 1.54) is 6.92 Å². The van der Waals surface area contributed by atoms with Crippen molar-refractivity contribution in [1.82, 2.24) is 0 Å². The van der Waals surface area contributed by atoms with Gasteiger partial charge in [0.25, 0.3) is 0 Å². The van der Waals surface area contributed by atoms with Gasteiger partial charge >= 0.3 is 38.1 Å². The monoisotopic (exact) mass is 400 g/mol. The van der Waals surface area contributed by atoms with Gasteiger partial charge < -0.3 is 35.3 Å². The molecular weight excluding hydrogens is 383 g/mol. The van der Waals surface area contributed by atoms with E-state index in [9.17, 15) is 24.0 Å². The van der Waals surface area contributed by atoms with Crippen LogP contribution in [0.3, 0.4) is 0 Å². The highest BCUT2D eigenvalue weighted by Crippen LogP contribution is 1.98. The highest BCUT2D eigenvalue weighted by molar-refractivity contribution is 7.30. The zero-order valence-electron chi connectivity index (χ0n) is 13.1. The SMILES string of the molecule is C=C(C)C(=O)O.O=C(O)/C=C\C(=O)O.O=C(O)/C=C\C(=O)O.O=[PH](O)O. The molecule has 26 heavy (non-hydrogen) atoms. The summed E-state index contributed by atoms with van der Waals surface area (Å²) in [5, 5.41) is 39.1. The van der Waals surface area contributed by atoms with Crippen molar-refractivity contribution in [2.75, 3.05) is 0 Å². The van der Waals surface area contributed by atoms with Crippen molar-refractivity contribution >= 4 is 38.1 Å². The second-order valence-corrected chi connectivity index (χ2v) is 3.95. The van der Waals surface area contributed by atoms with E-state index in [-0.39, 0.29) is 5.57 Å². The summed E-state index contributed by atoms with van der Waals surface area (Å²) < 4.78 is 8.74. The lowest BCUT2D eigenvalue weighted by molar-refractivity contribution is -0.134. The van der Waals surface area contributed by atoms with Crippen LogP contribution in [0.2, 0.25) is 0 Å². The smallest absolute Gasteiger partial charge is 0.330 e. The van der Waals surface area contributed by atoms with Gasteiger partial charge in [-0.25, -0.2) is 24.0 Å². The molecule has 0 bridgehead atoms. The molecule has 0 fully saturated rings. The third kappa shape index (κ3) is 70.1. The first-order valence-electron chi connectivity index (χ1n) is 5.71. The van der Waals surface area contributed by atoms with E-state index < -0.39 is 38.1 Å². The van der Waals surface area contributed by atoms with Crippen LogP contribution in [0.5, 0.6) is 0 Å². The van der Waals surface area contributed by atoms with Crippen molar-refractivity contribution in [1.29, 1.82) is 0 Å². The van der Waals surface area contributed by atoms with Crippen LogP contribution in [0.25, 0.3) is 0 Å². The van der Waals surface area contributed by atoms with Gasteiger partial charge in [0.1, 0.15) is 0 Å². The van der Waals surface area contributed by atoms with Crippen molar-refractivity contribution in [2.24, 2.45) is 0 Å². The van der Waals surface area contributed by atoms with E-state index in [1.54, 1.807) is 0 Å². The summed E-state index contributed by atoms with van der Waals surface area (Å²) in [7, 11) is -3.13. The molecule has 0 spiro atoms. The Hall–Kier alpha value is -3.28. The van der Waals surface area contributed by atoms with Gasteiger partial charge in [0, 0.05) is 29.9 Å². The van der Waals surface area contributed by atoms with Crippen LogP contribution in [-0.2, 0) is 28.5 Å². The largest absolute Gasteiger partial charge is 0.478 e. The summed E-state index contributed by atoms with van der Waals surface area (Å²) in [6.45, 7) is 4.60. The molecular formula is C12H17O13P. The molecule has 0 heterocycles. The number of hydrogen-bond acceptors (Lipinski definition) is 6. The molecule has 0 saturated heterocycles. The summed E-state index contributed by atoms with van der Waals surface area (Å²) >= 11 is 0. The molecule has 7 N–H and O–H groups in total. The van der Waals surface area contributed by atoms with Gasteiger partial charge in [-0.05, 0) is 6.92 Å². The van der Waals surface area contributed by atoms with Crippen LogP contribution in [0.4, 0.5) is 0 Å². The molecule has 0 aromatic heterocycles.